The van der Waals surface area contributed by atoms with Gasteiger partial charge in [-0.25, -0.2) is 4.39 Å². The highest BCUT2D eigenvalue weighted by atomic mass is 19.1. The van der Waals surface area contributed by atoms with Crippen molar-refractivity contribution < 1.29 is 19.0 Å². The number of benzene rings is 1. The minimum atomic E-state index is -0.560. The SMILES string of the molecule is C[C@@H]1CN(C[C@@H](O)COc2ccc(F)cc2)CCO1. The summed E-state index contributed by atoms with van der Waals surface area (Å²) in [7, 11) is 0. The van der Waals surface area contributed by atoms with Crippen LogP contribution in [0.15, 0.2) is 24.3 Å². The fourth-order valence-electron chi connectivity index (χ4n) is 2.13. The molecule has 2 rings (SSSR count). The predicted octanol–water partition coefficient (Wildman–Crippen LogP) is 1.29. The zero-order valence-corrected chi connectivity index (χ0v) is 11.1. The average molecular weight is 269 g/mol. The van der Waals surface area contributed by atoms with Gasteiger partial charge >= 0.3 is 0 Å². The summed E-state index contributed by atoms with van der Waals surface area (Å²) in [5.41, 5.74) is 0. The molecule has 0 aliphatic carbocycles. The average Bonchev–Trinajstić information content (AvgIpc) is 2.38. The fourth-order valence-corrected chi connectivity index (χ4v) is 2.13. The number of nitrogens with zero attached hydrogens (tertiary/aromatic N) is 1. The summed E-state index contributed by atoms with van der Waals surface area (Å²) >= 11 is 0. The third kappa shape index (κ3) is 4.78. The number of ether oxygens (including phenoxy) is 2. The molecule has 0 bridgehead atoms. The third-order valence-electron chi connectivity index (χ3n) is 3.05. The van der Waals surface area contributed by atoms with Gasteiger partial charge < -0.3 is 14.6 Å². The van der Waals surface area contributed by atoms with E-state index in [0.717, 1.165) is 13.1 Å². The number of aliphatic hydroxyl groups excluding tert-OH is 1. The summed E-state index contributed by atoms with van der Waals surface area (Å²) in [5.74, 6) is 0.269. The van der Waals surface area contributed by atoms with Gasteiger partial charge in [0.2, 0.25) is 0 Å². The number of hydrogen-bond donors (Lipinski definition) is 1. The number of halogens is 1. The van der Waals surface area contributed by atoms with Crippen LogP contribution in [0, 0.1) is 5.82 Å². The van der Waals surface area contributed by atoms with Crippen molar-refractivity contribution in [2.24, 2.45) is 0 Å². The maximum absolute atomic E-state index is 12.7. The van der Waals surface area contributed by atoms with E-state index in [9.17, 15) is 9.50 Å². The van der Waals surface area contributed by atoms with Crippen molar-refractivity contribution >= 4 is 0 Å². The highest BCUT2D eigenvalue weighted by molar-refractivity contribution is 5.22. The summed E-state index contributed by atoms with van der Waals surface area (Å²) in [5, 5.41) is 9.92. The molecule has 1 aromatic carbocycles. The predicted molar refractivity (Wildman–Crippen MR) is 69.8 cm³/mol. The Hall–Kier alpha value is -1.17. The highest BCUT2D eigenvalue weighted by Crippen LogP contribution is 2.12. The van der Waals surface area contributed by atoms with Gasteiger partial charge in [0, 0.05) is 19.6 Å². The summed E-state index contributed by atoms with van der Waals surface area (Å²) in [6.45, 7) is 5.15. The van der Waals surface area contributed by atoms with E-state index in [1.54, 1.807) is 12.1 Å². The Morgan fingerprint density at radius 1 is 1.47 bits per heavy atom. The first-order valence-electron chi connectivity index (χ1n) is 6.54. The molecule has 1 aliphatic rings. The molecule has 19 heavy (non-hydrogen) atoms. The number of morpholine rings is 1. The quantitative estimate of drug-likeness (QED) is 0.874. The molecular weight excluding hydrogens is 249 g/mol. The summed E-state index contributed by atoms with van der Waals surface area (Å²) < 4.78 is 23.6. The van der Waals surface area contributed by atoms with Crippen LogP contribution >= 0.6 is 0 Å². The van der Waals surface area contributed by atoms with E-state index >= 15 is 0 Å². The molecule has 0 saturated carbocycles. The largest absolute Gasteiger partial charge is 0.491 e. The maximum Gasteiger partial charge on any atom is 0.123 e. The van der Waals surface area contributed by atoms with Crippen molar-refractivity contribution in [1.82, 2.24) is 4.90 Å². The van der Waals surface area contributed by atoms with E-state index < -0.39 is 6.10 Å². The molecule has 2 atom stereocenters. The first kappa shape index (κ1) is 14.2. The lowest BCUT2D eigenvalue weighted by molar-refractivity contribution is -0.0361. The van der Waals surface area contributed by atoms with Gasteiger partial charge in [-0.15, -0.1) is 0 Å². The Morgan fingerprint density at radius 3 is 2.89 bits per heavy atom. The normalized spacial score (nSPS) is 22.2. The molecule has 0 unspecified atom stereocenters. The Balaban J connectivity index is 1.72. The molecule has 0 spiro atoms. The van der Waals surface area contributed by atoms with Gasteiger partial charge in [0.1, 0.15) is 24.3 Å². The third-order valence-corrected chi connectivity index (χ3v) is 3.05. The molecule has 1 saturated heterocycles. The first-order valence-corrected chi connectivity index (χ1v) is 6.54. The van der Waals surface area contributed by atoms with Gasteiger partial charge in [0.05, 0.1) is 12.7 Å². The highest BCUT2D eigenvalue weighted by Gasteiger charge is 2.19. The molecule has 0 amide bonds. The molecule has 1 aliphatic heterocycles. The van der Waals surface area contributed by atoms with Gasteiger partial charge in [-0.3, -0.25) is 4.90 Å². The van der Waals surface area contributed by atoms with Crippen molar-refractivity contribution in [3.05, 3.63) is 30.1 Å². The van der Waals surface area contributed by atoms with E-state index in [2.05, 4.69) is 4.90 Å². The van der Waals surface area contributed by atoms with Gasteiger partial charge in [-0.05, 0) is 31.2 Å². The number of aliphatic hydroxyl groups is 1. The number of hydrogen-bond acceptors (Lipinski definition) is 4. The van der Waals surface area contributed by atoms with E-state index in [1.807, 2.05) is 6.92 Å². The molecule has 1 heterocycles. The molecule has 5 heteroatoms. The van der Waals surface area contributed by atoms with Gasteiger partial charge in [0.25, 0.3) is 0 Å². The molecule has 0 radical (unpaired) electrons. The molecule has 4 nitrogen and oxygen atoms in total. The Labute approximate surface area is 112 Å². The molecule has 1 fully saturated rings. The van der Waals surface area contributed by atoms with Crippen LogP contribution in [0.4, 0.5) is 4.39 Å². The second-order valence-corrected chi connectivity index (χ2v) is 4.86. The van der Waals surface area contributed by atoms with Crippen molar-refractivity contribution in [3.63, 3.8) is 0 Å². The fraction of sp³-hybridized carbons (Fsp3) is 0.571. The minimum Gasteiger partial charge on any atom is -0.491 e. The van der Waals surface area contributed by atoms with Crippen LogP contribution in [-0.2, 0) is 4.74 Å². The van der Waals surface area contributed by atoms with E-state index in [-0.39, 0.29) is 18.5 Å². The Kier molecular flexibility index (Phi) is 5.13. The second-order valence-electron chi connectivity index (χ2n) is 4.86. The molecule has 0 aromatic heterocycles. The zero-order valence-electron chi connectivity index (χ0n) is 11.1. The number of rotatable bonds is 5. The van der Waals surface area contributed by atoms with Crippen molar-refractivity contribution in [3.8, 4) is 5.75 Å². The lowest BCUT2D eigenvalue weighted by Gasteiger charge is -2.32. The van der Waals surface area contributed by atoms with E-state index in [1.165, 1.54) is 12.1 Å². The van der Waals surface area contributed by atoms with Crippen LogP contribution in [0.2, 0.25) is 0 Å². The lowest BCUT2D eigenvalue weighted by atomic mass is 10.2. The van der Waals surface area contributed by atoms with Crippen LogP contribution in [0.5, 0.6) is 5.75 Å². The zero-order chi connectivity index (χ0) is 13.7. The Bertz CT molecular complexity index is 385. The minimum absolute atomic E-state index is 0.206. The molecule has 106 valence electrons. The van der Waals surface area contributed by atoms with Crippen LogP contribution < -0.4 is 4.74 Å². The van der Waals surface area contributed by atoms with E-state index in [4.69, 9.17) is 9.47 Å². The van der Waals surface area contributed by atoms with Crippen molar-refractivity contribution in [2.45, 2.75) is 19.1 Å². The second kappa shape index (κ2) is 6.84. The van der Waals surface area contributed by atoms with Crippen LogP contribution in [-0.4, -0.2) is 55.1 Å². The van der Waals surface area contributed by atoms with Gasteiger partial charge in [-0.1, -0.05) is 0 Å². The molecule has 1 N–H and O–H groups in total. The Morgan fingerprint density at radius 2 is 2.21 bits per heavy atom. The van der Waals surface area contributed by atoms with Gasteiger partial charge in [-0.2, -0.15) is 0 Å². The standard InChI is InChI=1S/C14H20FNO3/c1-11-8-16(6-7-18-11)9-13(17)10-19-14-4-2-12(15)3-5-14/h2-5,11,13,17H,6-10H2,1H3/t11-,13-/m1/s1. The van der Waals surface area contributed by atoms with Crippen molar-refractivity contribution in [1.29, 1.82) is 0 Å². The van der Waals surface area contributed by atoms with Crippen molar-refractivity contribution in [2.75, 3.05) is 32.8 Å². The molecular formula is C14H20FNO3. The van der Waals surface area contributed by atoms with Crippen LogP contribution in [0.1, 0.15) is 6.92 Å². The monoisotopic (exact) mass is 269 g/mol. The maximum atomic E-state index is 12.7. The van der Waals surface area contributed by atoms with E-state index in [0.29, 0.717) is 18.9 Å². The lowest BCUT2D eigenvalue weighted by Crippen LogP contribution is -2.45. The molecule has 1 aromatic rings. The van der Waals surface area contributed by atoms with Crippen LogP contribution in [0.25, 0.3) is 0 Å². The number of β-amino-alcohol motifs (C(OH)–C–C–N with tert-alkyl or cyclic N) is 1. The van der Waals surface area contributed by atoms with Crippen LogP contribution in [0.3, 0.4) is 0 Å². The summed E-state index contributed by atoms with van der Waals surface area (Å²) in [6, 6.07) is 5.79. The topological polar surface area (TPSA) is 41.9 Å². The summed E-state index contributed by atoms with van der Waals surface area (Å²) in [4.78, 5) is 2.16. The summed E-state index contributed by atoms with van der Waals surface area (Å²) in [6.07, 6.45) is -0.352. The smallest absolute Gasteiger partial charge is 0.123 e. The van der Waals surface area contributed by atoms with Gasteiger partial charge in [0.15, 0.2) is 0 Å². The first-order chi connectivity index (χ1) is 9.13.